The van der Waals surface area contributed by atoms with Gasteiger partial charge in [0.2, 0.25) is 0 Å². The third-order valence-electron chi connectivity index (χ3n) is 2.79. The number of amides is 2. The number of hydrogen-bond donors (Lipinski definition) is 3. The Kier molecular flexibility index (Phi) is 5.50. The molecule has 0 saturated carbocycles. The Morgan fingerprint density at radius 3 is 2.00 bits per heavy atom. The van der Waals surface area contributed by atoms with Crippen molar-refractivity contribution >= 4 is 23.0 Å². The molecule has 1 atom stereocenters. The number of carbonyl (C=O) groups is 1. The third kappa shape index (κ3) is 4.33. The van der Waals surface area contributed by atoms with E-state index >= 15 is 0 Å². The fourth-order valence-electron chi connectivity index (χ4n) is 1.91. The second-order valence-corrected chi connectivity index (χ2v) is 5.63. The van der Waals surface area contributed by atoms with E-state index in [1.807, 2.05) is 50.6 Å². The van der Waals surface area contributed by atoms with Gasteiger partial charge in [-0.3, -0.25) is 4.55 Å². The number of nitrogens with one attached hydrogen (secondary N) is 2. The van der Waals surface area contributed by atoms with Gasteiger partial charge in [0.05, 0.1) is 0 Å². The standard InChI is InChI=1S/C13H20N2O3S/c1-8(2)10-6-5-7-11(9(3)4)12(10)14-13(16)15-19(17)18/h5-9H,1-4H3,(H,17,18)(H2,14,15,16). The van der Waals surface area contributed by atoms with E-state index in [-0.39, 0.29) is 11.8 Å². The average Bonchev–Trinajstić information content (AvgIpc) is 2.27. The lowest BCUT2D eigenvalue weighted by atomic mass is 9.93. The first kappa shape index (κ1) is 15.7. The highest BCUT2D eigenvalue weighted by Crippen LogP contribution is 2.32. The molecule has 0 aliphatic carbocycles. The molecule has 0 aliphatic rings. The van der Waals surface area contributed by atoms with E-state index in [1.165, 1.54) is 0 Å². The van der Waals surface area contributed by atoms with Gasteiger partial charge < -0.3 is 5.32 Å². The molecular weight excluding hydrogens is 264 g/mol. The lowest BCUT2D eigenvalue weighted by molar-refractivity contribution is 0.256. The number of carbonyl (C=O) groups excluding carboxylic acids is 1. The normalized spacial score (nSPS) is 12.6. The predicted molar refractivity (Wildman–Crippen MR) is 77.5 cm³/mol. The Labute approximate surface area is 116 Å². The number of urea groups is 1. The highest BCUT2D eigenvalue weighted by atomic mass is 32.2. The lowest BCUT2D eigenvalue weighted by Crippen LogP contribution is -2.30. The number of para-hydroxylation sites is 1. The van der Waals surface area contributed by atoms with Crippen molar-refractivity contribution < 1.29 is 13.6 Å². The van der Waals surface area contributed by atoms with Gasteiger partial charge in [-0.05, 0) is 23.0 Å². The van der Waals surface area contributed by atoms with Crippen LogP contribution in [0.4, 0.5) is 10.5 Å². The zero-order valence-corrected chi connectivity index (χ0v) is 12.4. The fraction of sp³-hybridized carbons (Fsp3) is 0.462. The largest absolute Gasteiger partial charge is 0.332 e. The summed E-state index contributed by atoms with van der Waals surface area (Å²) in [5.41, 5.74) is 2.73. The summed E-state index contributed by atoms with van der Waals surface area (Å²) in [6, 6.07) is 5.16. The van der Waals surface area contributed by atoms with E-state index in [2.05, 4.69) is 5.32 Å². The second kappa shape index (κ2) is 6.68. The minimum Gasteiger partial charge on any atom is -0.307 e. The summed E-state index contributed by atoms with van der Waals surface area (Å²) in [5, 5.41) is 2.67. The van der Waals surface area contributed by atoms with Crippen LogP contribution in [0.1, 0.15) is 50.7 Å². The maximum atomic E-state index is 11.6. The van der Waals surface area contributed by atoms with Gasteiger partial charge >= 0.3 is 6.03 Å². The van der Waals surface area contributed by atoms with Crippen LogP contribution >= 0.6 is 0 Å². The molecule has 0 heterocycles. The number of anilines is 1. The molecule has 5 nitrogen and oxygen atoms in total. The minimum atomic E-state index is -2.37. The zero-order chi connectivity index (χ0) is 14.6. The van der Waals surface area contributed by atoms with Crippen molar-refractivity contribution in [2.75, 3.05) is 5.32 Å². The molecule has 0 aromatic heterocycles. The first-order valence-electron chi connectivity index (χ1n) is 6.14. The smallest absolute Gasteiger partial charge is 0.307 e. The summed E-state index contributed by atoms with van der Waals surface area (Å²) in [6.45, 7) is 8.14. The summed E-state index contributed by atoms with van der Waals surface area (Å²) in [6.07, 6.45) is 0. The van der Waals surface area contributed by atoms with Crippen LogP contribution in [0.15, 0.2) is 18.2 Å². The molecular formula is C13H20N2O3S. The van der Waals surface area contributed by atoms with Crippen LogP contribution in [0.25, 0.3) is 0 Å². The molecule has 0 fully saturated rings. The third-order valence-corrected chi connectivity index (χ3v) is 3.15. The Bertz CT molecular complexity index is 461. The van der Waals surface area contributed by atoms with E-state index in [4.69, 9.17) is 4.55 Å². The molecule has 2 amide bonds. The highest BCUT2D eigenvalue weighted by molar-refractivity contribution is 7.77. The lowest BCUT2D eigenvalue weighted by Gasteiger charge is -2.19. The monoisotopic (exact) mass is 284 g/mol. The van der Waals surface area contributed by atoms with E-state index in [9.17, 15) is 9.00 Å². The summed E-state index contributed by atoms with van der Waals surface area (Å²) < 4.78 is 21.1. The van der Waals surface area contributed by atoms with Crippen LogP contribution in [-0.2, 0) is 11.3 Å². The minimum absolute atomic E-state index is 0.244. The molecule has 1 rings (SSSR count). The quantitative estimate of drug-likeness (QED) is 0.743. The van der Waals surface area contributed by atoms with Gasteiger partial charge in [0.15, 0.2) is 0 Å². The van der Waals surface area contributed by atoms with Gasteiger partial charge in [0.1, 0.15) is 0 Å². The van der Waals surface area contributed by atoms with E-state index in [0.29, 0.717) is 0 Å². The first-order chi connectivity index (χ1) is 8.82. The topological polar surface area (TPSA) is 78.4 Å². The molecule has 0 saturated heterocycles. The van der Waals surface area contributed by atoms with Crippen molar-refractivity contribution in [3.8, 4) is 0 Å². The van der Waals surface area contributed by atoms with E-state index < -0.39 is 17.3 Å². The summed E-state index contributed by atoms with van der Waals surface area (Å²) in [5.74, 6) is 0.488. The van der Waals surface area contributed by atoms with Gasteiger partial charge in [0.25, 0.3) is 11.3 Å². The van der Waals surface area contributed by atoms with Crippen molar-refractivity contribution in [3.05, 3.63) is 29.3 Å². The van der Waals surface area contributed by atoms with Crippen LogP contribution in [0.3, 0.4) is 0 Å². The highest BCUT2D eigenvalue weighted by Gasteiger charge is 2.16. The number of benzene rings is 1. The Morgan fingerprint density at radius 1 is 1.16 bits per heavy atom. The molecule has 1 aromatic rings. The SMILES string of the molecule is CC(C)c1cccc(C(C)C)c1NC(=O)NS(=O)O. The molecule has 0 radical (unpaired) electrons. The van der Waals surface area contributed by atoms with Gasteiger partial charge in [-0.2, -0.15) is 0 Å². The number of hydrogen-bond acceptors (Lipinski definition) is 2. The average molecular weight is 284 g/mol. The van der Waals surface area contributed by atoms with Crippen LogP contribution in [0, 0.1) is 0 Å². The molecule has 1 unspecified atom stereocenters. The Hall–Kier alpha value is -1.40. The van der Waals surface area contributed by atoms with Crippen molar-refractivity contribution in [1.82, 2.24) is 4.72 Å². The molecule has 0 bridgehead atoms. The van der Waals surface area contributed by atoms with Crippen LogP contribution < -0.4 is 10.0 Å². The van der Waals surface area contributed by atoms with Crippen molar-refractivity contribution in [2.24, 2.45) is 0 Å². The van der Waals surface area contributed by atoms with Crippen LogP contribution in [0.2, 0.25) is 0 Å². The molecule has 0 spiro atoms. The molecule has 3 N–H and O–H groups in total. The van der Waals surface area contributed by atoms with Gasteiger partial charge in [-0.1, -0.05) is 45.9 Å². The summed E-state index contributed by atoms with van der Waals surface area (Å²) >= 11 is -2.37. The maximum absolute atomic E-state index is 11.6. The van der Waals surface area contributed by atoms with Gasteiger partial charge in [0, 0.05) is 5.69 Å². The first-order valence-corrected chi connectivity index (χ1v) is 7.24. The molecule has 1 aromatic carbocycles. The van der Waals surface area contributed by atoms with Crippen LogP contribution in [0.5, 0.6) is 0 Å². The zero-order valence-electron chi connectivity index (χ0n) is 11.6. The maximum Gasteiger partial charge on any atom is 0.332 e. The van der Waals surface area contributed by atoms with Gasteiger partial charge in [-0.15, -0.1) is 0 Å². The molecule has 6 heteroatoms. The molecule has 19 heavy (non-hydrogen) atoms. The number of rotatable bonds is 4. The fourth-order valence-corrected chi connectivity index (χ4v) is 2.12. The summed E-state index contributed by atoms with van der Waals surface area (Å²) in [7, 11) is 0. The Morgan fingerprint density at radius 2 is 1.63 bits per heavy atom. The summed E-state index contributed by atoms with van der Waals surface area (Å²) in [4.78, 5) is 11.6. The van der Waals surface area contributed by atoms with Crippen LogP contribution in [-0.4, -0.2) is 14.8 Å². The molecule has 0 aliphatic heterocycles. The van der Waals surface area contributed by atoms with Crippen molar-refractivity contribution in [2.45, 2.75) is 39.5 Å². The van der Waals surface area contributed by atoms with Crippen molar-refractivity contribution in [1.29, 1.82) is 0 Å². The predicted octanol–water partition coefficient (Wildman–Crippen LogP) is 3.19. The van der Waals surface area contributed by atoms with E-state index in [1.54, 1.807) is 0 Å². The van der Waals surface area contributed by atoms with E-state index in [0.717, 1.165) is 16.8 Å². The van der Waals surface area contributed by atoms with Gasteiger partial charge in [-0.25, -0.2) is 13.7 Å². The second-order valence-electron chi connectivity index (χ2n) is 4.93. The molecule has 106 valence electrons. The van der Waals surface area contributed by atoms with Crippen molar-refractivity contribution in [3.63, 3.8) is 0 Å². The Balaban J connectivity index is 3.14.